The minimum Gasteiger partial charge on any atom is -0.449 e. The summed E-state index contributed by atoms with van der Waals surface area (Å²) in [6.45, 7) is 1.32. The number of ether oxygens (including phenoxy) is 1. The number of amides is 1. The lowest BCUT2D eigenvalue weighted by molar-refractivity contribution is -0.123. The van der Waals surface area contributed by atoms with Gasteiger partial charge in [-0.25, -0.2) is 13.2 Å². The summed E-state index contributed by atoms with van der Waals surface area (Å²) >= 11 is 0. The molecule has 10 heteroatoms. The molecule has 0 heterocycles. The van der Waals surface area contributed by atoms with Crippen LogP contribution in [-0.2, 0) is 19.4 Å². The van der Waals surface area contributed by atoms with Gasteiger partial charge in [0.25, 0.3) is 5.91 Å². The molecule has 2 aromatic carbocycles. The first-order chi connectivity index (χ1) is 13.1. The summed E-state index contributed by atoms with van der Waals surface area (Å²) in [5, 5.41) is 11.3. The second-order valence-corrected chi connectivity index (χ2v) is 7.48. The van der Waals surface area contributed by atoms with E-state index in [1.54, 1.807) is 18.2 Å². The van der Waals surface area contributed by atoms with Crippen molar-refractivity contribution in [3.8, 4) is 6.07 Å². The number of hydrogen-bond donors (Lipinski definition) is 1. The maximum absolute atomic E-state index is 12.5. The molecule has 146 valence electrons. The molecule has 0 aliphatic heterocycles. The summed E-state index contributed by atoms with van der Waals surface area (Å²) in [7, 11) is -4.77. The molecule has 0 saturated heterocycles. The van der Waals surface area contributed by atoms with E-state index in [2.05, 4.69) is 5.32 Å². The monoisotopic (exact) mass is 408 g/mol. The van der Waals surface area contributed by atoms with Crippen molar-refractivity contribution in [2.24, 2.45) is 0 Å². The van der Waals surface area contributed by atoms with E-state index in [-0.39, 0.29) is 5.56 Å². The van der Waals surface area contributed by atoms with Crippen LogP contribution in [0.25, 0.3) is 0 Å². The van der Waals surface area contributed by atoms with E-state index in [9.17, 15) is 26.8 Å². The fourth-order valence-corrected chi connectivity index (χ4v) is 2.80. The molecule has 28 heavy (non-hydrogen) atoms. The van der Waals surface area contributed by atoms with Gasteiger partial charge in [-0.05, 0) is 49.4 Å². The predicted molar refractivity (Wildman–Crippen MR) is 94.3 cm³/mol. The zero-order chi connectivity index (χ0) is 20.9. The quantitative estimate of drug-likeness (QED) is 0.736. The fourth-order valence-electron chi connectivity index (χ4n) is 2.08. The highest BCUT2D eigenvalue weighted by Gasteiger charge is 2.27. The van der Waals surface area contributed by atoms with Crippen LogP contribution < -0.4 is 5.32 Å². The summed E-state index contributed by atoms with van der Waals surface area (Å²) < 4.78 is 52.7. The van der Waals surface area contributed by atoms with Crippen molar-refractivity contribution >= 4 is 27.4 Å². The Bertz CT molecular complexity index is 1030. The predicted octanol–water partition coefficient (Wildman–Crippen LogP) is 2.74. The maximum Gasteiger partial charge on any atom is 0.341 e. The number of halogens is 2. The van der Waals surface area contributed by atoms with Crippen LogP contribution in [-0.4, -0.2) is 32.2 Å². The molecule has 1 amide bonds. The van der Waals surface area contributed by atoms with Gasteiger partial charge in [-0.1, -0.05) is 6.07 Å². The standard InChI is InChI=1S/C18H14F2N2O5S/c1-11(16(23)22-14-4-2-3-12(9-14)10-21)27-17(24)13-5-7-15(8-6-13)28(25,26)18(19)20/h2-9,11,18H,1H3,(H,22,23)/t11-/m1/s1. The zero-order valence-electron chi connectivity index (χ0n) is 14.4. The highest BCUT2D eigenvalue weighted by Crippen LogP contribution is 2.19. The minimum atomic E-state index is -4.77. The Balaban J connectivity index is 2.03. The topological polar surface area (TPSA) is 113 Å². The smallest absolute Gasteiger partial charge is 0.341 e. The molecule has 0 spiro atoms. The minimum absolute atomic E-state index is 0.112. The van der Waals surface area contributed by atoms with Crippen LogP contribution >= 0.6 is 0 Å². The summed E-state index contributed by atoms with van der Waals surface area (Å²) in [5.41, 5.74) is 0.564. The highest BCUT2D eigenvalue weighted by atomic mass is 32.2. The third-order valence-electron chi connectivity index (χ3n) is 3.57. The first-order valence-electron chi connectivity index (χ1n) is 7.79. The van der Waals surface area contributed by atoms with E-state index >= 15 is 0 Å². The van der Waals surface area contributed by atoms with E-state index in [1.807, 2.05) is 6.07 Å². The normalized spacial score (nSPS) is 12.1. The van der Waals surface area contributed by atoms with Gasteiger partial charge < -0.3 is 10.1 Å². The van der Waals surface area contributed by atoms with Gasteiger partial charge in [0.05, 0.1) is 22.1 Å². The molecule has 0 radical (unpaired) electrons. The van der Waals surface area contributed by atoms with Crippen molar-refractivity contribution in [2.45, 2.75) is 23.7 Å². The van der Waals surface area contributed by atoms with Crippen LogP contribution in [0, 0.1) is 11.3 Å². The Morgan fingerprint density at radius 3 is 2.36 bits per heavy atom. The number of rotatable bonds is 6. The molecule has 7 nitrogen and oxygen atoms in total. The molecule has 0 aliphatic rings. The van der Waals surface area contributed by atoms with Crippen molar-refractivity contribution in [1.29, 1.82) is 5.26 Å². The SMILES string of the molecule is C[C@@H](OC(=O)c1ccc(S(=O)(=O)C(F)F)cc1)C(=O)Nc1cccc(C#N)c1. The van der Waals surface area contributed by atoms with Crippen LogP contribution in [0.1, 0.15) is 22.8 Å². The maximum atomic E-state index is 12.5. The average molecular weight is 408 g/mol. The van der Waals surface area contributed by atoms with Crippen molar-refractivity contribution < 1.29 is 31.5 Å². The number of nitrogens with one attached hydrogen (secondary N) is 1. The van der Waals surface area contributed by atoms with Gasteiger partial charge in [0.15, 0.2) is 6.10 Å². The van der Waals surface area contributed by atoms with Crippen molar-refractivity contribution in [1.82, 2.24) is 0 Å². The van der Waals surface area contributed by atoms with Crippen LogP contribution in [0.15, 0.2) is 53.4 Å². The second-order valence-electron chi connectivity index (χ2n) is 5.56. The van der Waals surface area contributed by atoms with E-state index in [1.165, 1.54) is 13.0 Å². The largest absolute Gasteiger partial charge is 0.449 e. The first-order valence-corrected chi connectivity index (χ1v) is 9.34. The number of alkyl halides is 2. The Kier molecular flexibility index (Phi) is 6.43. The number of nitrogens with zero attached hydrogens (tertiary/aromatic N) is 1. The van der Waals surface area contributed by atoms with Crippen molar-refractivity contribution in [3.05, 3.63) is 59.7 Å². The lowest BCUT2D eigenvalue weighted by Gasteiger charge is -2.14. The summed E-state index contributed by atoms with van der Waals surface area (Å²) in [4.78, 5) is 23.5. The molecule has 0 aliphatic carbocycles. The van der Waals surface area contributed by atoms with E-state index in [0.29, 0.717) is 11.3 Å². The molecule has 2 aromatic rings. The molecule has 0 unspecified atom stereocenters. The van der Waals surface area contributed by atoms with Gasteiger partial charge >= 0.3 is 11.7 Å². The summed E-state index contributed by atoms with van der Waals surface area (Å²) in [6, 6.07) is 11.8. The first kappa shape index (κ1) is 21.0. The zero-order valence-corrected chi connectivity index (χ0v) is 15.2. The van der Waals surface area contributed by atoms with Crippen LogP contribution in [0.3, 0.4) is 0 Å². The number of anilines is 1. The fraction of sp³-hybridized carbons (Fsp3) is 0.167. The molecular weight excluding hydrogens is 394 g/mol. The number of benzene rings is 2. The Morgan fingerprint density at radius 2 is 1.79 bits per heavy atom. The van der Waals surface area contributed by atoms with Gasteiger partial charge in [-0.3, -0.25) is 4.79 Å². The molecule has 2 rings (SSSR count). The van der Waals surface area contributed by atoms with Crippen LogP contribution in [0.4, 0.5) is 14.5 Å². The van der Waals surface area contributed by atoms with Crippen LogP contribution in [0.5, 0.6) is 0 Å². The molecule has 1 atom stereocenters. The summed E-state index contributed by atoms with van der Waals surface area (Å²) in [5.74, 6) is -5.16. The molecule has 0 aromatic heterocycles. The molecule has 0 saturated carbocycles. The van der Waals surface area contributed by atoms with E-state index in [0.717, 1.165) is 24.3 Å². The van der Waals surface area contributed by atoms with Gasteiger partial charge in [0, 0.05) is 5.69 Å². The lowest BCUT2D eigenvalue weighted by Crippen LogP contribution is -2.30. The number of sulfone groups is 1. The Labute approximate surface area is 159 Å². The van der Waals surface area contributed by atoms with Gasteiger partial charge in [-0.15, -0.1) is 0 Å². The average Bonchev–Trinajstić information content (AvgIpc) is 2.67. The molecule has 1 N–H and O–H groups in total. The van der Waals surface area contributed by atoms with Gasteiger partial charge in [-0.2, -0.15) is 14.0 Å². The third-order valence-corrected chi connectivity index (χ3v) is 4.96. The number of esters is 1. The van der Waals surface area contributed by atoms with Gasteiger partial charge in [0.2, 0.25) is 9.84 Å². The number of carbonyl (C=O) groups excluding carboxylic acids is 2. The van der Waals surface area contributed by atoms with Crippen molar-refractivity contribution in [3.63, 3.8) is 0 Å². The Hall–Kier alpha value is -3.32. The number of carbonyl (C=O) groups is 2. The molecule has 0 bridgehead atoms. The van der Waals surface area contributed by atoms with E-state index in [4.69, 9.17) is 10.00 Å². The number of hydrogen-bond acceptors (Lipinski definition) is 6. The second kappa shape index (κ2) is 8.58. The highest BCUT2D eigenvalue weighted by molar-refractivity contribution is 7.91. The lowest BCUT2D eigenvalue weighted by atomic mass is 10.2. The summed E-state index contributed by atoms with van der Waals surface area (Å²) in [6.07, 6.45) is -1.21. The van der Waals surface area contributed by atoms with Crippen LogP contribution in [0.2, 0.25) is 0 Å². The van der Waals surface area contributed by atoms with Crippen molar-refractivity contribution in [2.75, 3.05) is 5.32 Å². The number of nitriles is 1. The molecule has 0 fully saturated rings. The Morgan fingerprint density at radius 1 is 1.14 bits per heavy atom. The molecular formula is C18H14F2N2O5S. The van der Waals surface area contributed by atoms with E-state index < -0.39 is 38.5 Å². The van der Waals surface area contributed by atoms with Gasteiger partial charge in [0.1, 0.15) is 0 Å². The third kappa shape index (κ3) is 4.89.